The Bertz CT molecular complexity index is 459. The number of esters is 1. The van der Waals surface area contributed by atoms with Gasteiger partial charge in [-0.25, -0.2) is 4.79 Å². The molecule has 0 fully saturated rings. The number of benzene rings is 1. The zero-order valence-electron chi connectivity index (χ0n) is 12.0. The Morgan fingerprint density at radius 1 is 1.30 bits per heavy atom. The van der Waals surface area contributed by atoms with E-state index in [4.69, 9.17) is 9.47 Å². The van der Waals surface area contributed by atoms with E-state index in [-0.39, 0.29) is 6.61 Å². The maximum absolute atomic E-state index is 12.1. The van der Waals surface area contributed by atoms with Gasteiger partial charge in [-0.3, -0.25) is 4.79 Å². The number of thioether (sulfide) groups is 1. The van der Waals surface area contributed by atoms with Gasteiger partial charge in [0.25, 0.3) is 5.78 Å². The lowest BCUT2D eigenvalue weighted by atomic mass is 10.2. The molecule has 1 unspecified atom stereocenters. The van der Waals surface area contributed by atoms with E-state index in [1.165, 1.54) is 11.8 Å². The second kappa shape index (κ2) is 8.64. The van der Waals surface area contributed by atoms with Crippen molar-refractivity contribution >= 4 is 23.5 Å². The summed E-state index contributed by atoms with van der Waals surface area (Å²) in [6, 6.07) is 7.45. The Labute approximate surface area is 123 Å². The summed E-state index contributed by atoms with van der Waals surface area (Å²) in [4.78, 5) is 24.5. The molecule has 0 spiro atoms. The fourth-order valence-corrected chi connectivity index (χ4v) is 2.90. The first kappa shape index (κ1) is 16.6. The summed E-state index contributed by atoms with van der Waals surface area (Å²) in [6.45, 7) is 3.89. The van der Waals surface area contributed by atoms with Gasteiger partial charge < -0.3 is 9.47 Å². The lowest BCUT2D eigenvalue weighted by Gasteiger charge is -2.14. The Morgan fingerprint density at radius 3 is 2.65 bits per heavy atom. The van der Waals surface area contributed by atoms with Crippen molar-refractivity contribution in [1.82, 2.24) is 0 Å². The minimum atomic E-state index is -0.749. The zero-order valence-corrected chi connectivity index (χ0v) is 12.9. The van der Waals surface area contributed by atoms with E-state index >= 15 is 0 Å². The molecule has 0 aromatic heterocycles. The minimum absolute atomic E-state index is 0.216. The van der Waals surface area contributed by atoms with E-state index in [0.717, 1.165) is 17.1 Å². The number of ketones is 1. The fraction of sp³-hybridized carbons (Fsp3) is 0.467. The molecule has 1 aromatic carbocycles. The number of carbonyl (C=O) groups excluding carboxylic acids is 2. The first-order chi connectivity index (χ1) is 9.62. The maximum atomic E-state index is 12.1. The standard InChI is InChI=1S/C15H20O4S/c1-4-7-13(14(16)15(17)19-5-2)20-12-9-6-8-11(10-12)18-3/h6,8-10,13H,4-5,7H2,1-3H3. The number of hydrogen-bond donors (Lipinski definition) is 0. The van der Waals surface area contributed by atoms with Crippen molar-refractivity contribution in [2.45, 2.75) is 36.8 Å². The normalized spacial score (nSPS) is 11.8. The van der Waals surface area contributed by atoms with Crippen LogP contribution in [0.1, 0.15) is 26.7 Å². The Hall–Kier alpha value is -1.49. The minimum Gasteiger partial charge on any atom is -0.497 e. The number of ether oxygens (including phenoxy) is 2. The number of hydrogen-bond acceptors (Lipinski definition) is 5. The molecule has 1 atom stereocenters. The second-order valence-electron chi connectivity index (χ2n) is 4.16. The van der Waals surface area contributed by atoms with E-state index in [1.54, 1.807) is 14.0 Å². The molecule has 0 aliphatic rings. The highest BCUT2D eigenvalue weighted by Crippen LogP contribution is 2.29. The molecule has 1 aromatic rings. The van der Waals surface area contributed by atoms with Crippen LogP contribution in [0, 0.1) is 0 Å². The summed E-state index contributed by atoms with van der Waals surface area (Å²) in [5.41, 5.74) is 0. The van der Waals surface area contributed by atoms with Crippen molar-refractivity contribution in [3.8, 4) is 5.75 Å². The van der Waals surface area contributed by atoms with Crippen LogP contribution in [0.5, 0.6) is 5.75 Å². The molecule has 0 saturated carbocycles. The molecule has 20 heavy (non-hydrogen) atoms. The van der Waals surface area contributed by atoms with Gasteiger partial charge in [0.1, 0.15) is 5.75 Å². The Balaban J connectivity index is 2.80. The monoisotopic (exact) mass is 296 g/mol. The Kier molecular flexibility index (Phi) is 7.15. The summed E-state index contributed by atoms with van der Waals surface area (Å²) in [5.74, 6) is -0.489. The third kappa shape index (κ3) is 4.89. The van der Waals surface area contributed by atoms with E-state index in [1.807, 2.05) is 31.2 Å². The first-order valence-electron chi connectivity index (χ1n) is 6.64. The third-order valence-corrected chi connectivity index (χ3v) is 3.90. The summed E-state index contributed by atoms with van der Waals surface area (Å²) < 4.78 is 9.94. The van der Waals surface area contributed by atoms with Crippen LogP contribution in [0.15, 0.2) is 29.2 Å². The molecule has 1 rings (SSSR count). The fourth-order valence-electron chi connectivity index (χ4n) is 1.68. The summed E-state index contributed by atoms with van der Waals surface area (Å²) >= 11 is 1.37. The molecular formula is C15H20O4S. The van der Waals surface area contributed by atoms with Gasteiger partial charge in [-0.05, 0) is 31.5 Å². The van der Waals surface area contributed by atoms with Crippen LogP contribution < -0.4 is 4.74 Å². The summed E-state index contributed by atoms with van der Waals surface area (Å²) in [6.07, 6.45) is 1.46. The highest BCUT2D eigenvalue weighted by atomic mass is 32.2. The quantitative estimate of drug-likeness (QED) is 0.419. The number of rotatable bonds is 8. The molecule has 0 heterocycles. The second-order valence-corrected chi connectivity index (χ2v) is 5.44. The van der Waals surface area contributed by atoms with Crippen LogP contribution in [0.2, 0.25) is 0 Å². The van der Waals surface area contributed by atoms with E-state index < -0.39 is 17.0 Å². The van der Waals surface area contributed by atoms with Crippen molar-refractivity contribution in [3.05, 3.63) is 24.3 Å². The van der Waals surface area contributed by atoms with Gasteiger partial charge >= 0.3 is 5.97 Å². The van der Waals surface area contributed by atoms with Gasteiger partial charge in [-0.15, -0.1) is 11.8 Å². The van der Waals surface area contributed by atoms with Crippen molar-refractivity contribution in [2.75, 3.05) is 13.7 Å². The van der Waals surface area contributed by atoms with Crippen molar-refractivity contribution < 1.29 is 19.1 Å². The predicted molar refractivity (Wildman–Crippen MR) is 79.2 cm³/mol. The van der Waals surface area contributed by atoms with Gasteiger partial charge in [0.05, 0.1) is 19.0 Å². The molecule has 0 amide bonds. The largest absolute Gasteiger partial charge is 0.497 e. The van der Waals surface area contributed by atoms with Gasteiger partial charge in [-0.1, -0.05) is 19.4 Å². The molecule has 0 N–H and O–H groups in total. The molecule has 110 valence electrons. The van der Waals surface area contributed by atoms with Gasteiger partial charge in [0, 0.05) is 4.90 Å². The summed E-state index contributed by atoms with van der Waals surface area (Å²) in [7, 11) is 1.59. The number of Topliss-reactive ketones (excluding diaryl/α,β-unsaturated/α-hetero) is 1. The number of carbonyl (C=O) groups is 2. The molecule has 0 aliphatic carbocycles. The van der Waals surface area contributed by atoms with Crippen molar-refractivity contribution in [3.63, 3.8) is 0 Å². The van der Waals surface area contributed by atoms with E-state index in [0.29, 0.717) is 6.42 Å². The Morgan fingerprint density at radius 2 is 2.05 bits per heavy atom. The highest BCUT2D eigenvalue weighted by molar-refractivity contribution is 8.00. The highest BCUT2D eigenvalue weighted by Gasteiger charge is 2.26. The molecular weight excluding hydrogens is 276 g/mol. The van der Waals surface area contributed by atoms with Crippen LogP contribution in [0.25, 0.3) is 0 Å². The smallest absolute Gasteiger partial charge is 0.375 e. The van der Waals surface area contributed by atoms with Crippen LogP contribution in [-0.2, 0) is 14.3 Å². The molecule has 0 aliphatic heterocycles. The zero-order chi connectivity index (χ0) is 15.0. The molecule has 5 heteroatoms. The van der Waals surface area contributed by atoms with E-state index in [2.05, 4.69) is 0 Å². The molecule has 0 radical (unpaired) electrons. The first-order valence-corrected chi connectivity index (χ1v) is 7.52. The number of methoxy groups -OCH3 is 1. The predicted octanol–water partition coefficient (Wildman–Crippen LogP) is 3.09. The van der Waals surface area contributed by atoms with Gasteiger partial charge in [0.2, 0.25) is 0 Å². The van der Waals surface area contributed by atoms with Crippen LogP contribution in [0.4, 0.5) is 0 Å². The van der Waals surface area contributed by atoms with Crippen LogP contribution in [0.3, 0.4) is 0 Å². The third-order valence-electron chi connectivity index (χ3n) is 2.64. The van der Waals surface area contributed by atoms with Crippen LogP contribution >= 0.6 is 11.8 Å². The lowest BCUT2D eigenvalue weighted by molar-refractivity contribution is -0.153. The van der Waals surface area contributed by atoms with Crippen molar-refractivity contribution in [2.24, 2.45) is 0 Å². The molecule has 0 bridgehead atoms. The SMILES string of the molecule is CCCC(Sc1cccc(OC)c1)C(=O)C(=O)OCC. The lowest BCUT2D eigenvalue weighted by Crippen LogP contribution is -2.28. The summed E-state index contributed by atoms with van der Waals surface area (Å²) in [5, 5.41) is -0.411. The molecule has 4 nitrogen and oxygen atoms in total. The topological polar surface area (TPSA) is 52.6 Å². The van der Waals surface area contributed by atoms with Gasteiger partial charge in [-0.2, -0.15) is 0 Å². The average Bonchev–Trinajstić information content (AvgIpc) is 2.46. The van der Waals surface area contributed by atoms with E-state index in [9.17, 15) is 9.59 Å². The van der Waals surface area contributed by atoms with Crippen molar-refractivity contribution in [1.29, 1.82) is 0 Å². The maximum Gasteiger partial charge on any atom is 0.375 e. The van der Waals surface area contributed by atoms with Crippen LogP contribution in [-0.4, -0.2) is 30.7 Å². The average molecular weight is 296 g/mol. The molecule has 0 saturated heterocycles. The van der Waals surface area contributed by atoms with Gasteiger partial charge in [0.15, 0.2) is 0 Å².